The molecule has 1 atom stereocenters. The van der Waals surface area contributed by atoms with E-state index in [2.05, 4.69) is 30.4 Å². The van der Waals surface area contributed by atoms with Crippen molar-refractivity contribution in [3.05, 3.63) is 34.9 Å². The predicted octanol–water partition coefficient (Wildman–Crippen LogP) is 1.72. The number of sulfonamides is 1. The van der Waals surface area contributed by atoms with Crippen LogP contribution in [0.1, 0.15) is 36.1 Å². The molecule has 0 radical (unpaired) electrons. The highest BCUT2D eigenvalue weighted by Gasteiger charge is 2.15. The number of benzene rings is 1. The second kappa shape index (κ2) is 6.24. The Morgan fingerprint density at radius 1 is 1.25 bits per heavy atom. The third-order valence-electron chi connectivity index (χ3n) is 3.99. The summed E-state index contributed by atoms with van der Waals surface area (Å²) < 4.78 is 24.6. The fraction of sp³-hybridized carbons (Fsp3) is 0.600. The second-order valence-corrected chi connectivity index (χ2v) is 7.96. The Morgan fingerprint density at radius 3 is 2.65 bits per heavy atom. The average Bonchev–Trinajstić information content (AvgIpc) is 2.85. The summed E-state index contributed by atoms with van der Waals surface area (Å²) in [5, 5.41) is 3.30. The van der Waals surface area contributed by atoms with Gasteiger partial charge in [-0.2, -0.15) is 0 Å². The molecule has 0 aromatic heterocycles. The first-order valence-corrected chi connectivity index (χ1v) is 8.76. The first-order chi connectivity index (χ1) is 9.40. The Kier molecular flexibility index (Phi) is 4.83. The maximum absolute atomic E-state index is 11.7. The van der Waals surface area contributed by atoms with Gasteiger partial charge in [-0.1, -0.05) is 18.2 Å². The van der Waals surface area contributed by atoms with E-state index in [1.165, 1.54) is 40.3 Å². The fourth-order valence-corrected chi connectivity index (χ4v) is 3.31. The van der Waals surface area contributed by atoms with E-state index in [0.717, 1.165) is 0 Å². The molecular formula is C15H24N2O2S. The van der Waals surface area contributed by atoms with Gasteiger partial charge in [0.25, 0.3) is 0 Å². The van der Waals surface area contributed by atoms with Gasteiger partial charge in [0.1, 0.15) is 0 Å². The van der Waals surface area contributed by atoms with Gasteiger partial charge < -0.3 is 5.32 Å². The van der Waals surface area contributed by atoms with Crippen LogP contribution in [0, 0.1) is 0 Å². The van der Waals surface area contributed by atoms with Gasteiger partial charge >= 0.3 is 0 Å². The summed E-state index contributed by atoms with van der Waals surface area (Å²) in [6, 6.07) is 6.81. The molecule has 4 nitrogen and oxygen atoms in total. The molecular weight excluding hydrogens is 272 g/mol. The molecule has 0 spiro atoms. The van der Waals surface area contributed by atoms with Crippen LogP contribution in [-0.2, 0) is 22.9 Å². The molecule has 0 aliphatic heterocycles. The molecule has 0 bridgehead atoms. The van der Waals surface area contributed by atoms with Gasteiger partial charge in [-0.3, -0.25) is 0 Å². The summed E-state index contributed by atoms with van der Waals surface area (Å²) in [6.07, 6.45) is 3.62. The van der Waals surface area contributed by atoms with Gasteiger partial charge in [-0.15, -0.1) is 0 Å². The lowest BCUT2D eigenvalue weighted by Crippen LogP contribution is -2.32. The highest BCUT2D eigenvalue weighted by Crippen LogP contribution is 2.25. The molecule has 1 N–H and O–H groups in total. The van der Waals surface area contributed by atoms with E-state index in [9.17, 15) is 8.42 Å². The fourth-order valence-electron chi connectivity index (χ4n) is 2.57. The molecule has 1 aliphatic rings. The van der Waals surface area contributed by atoms with Crippen molar-refractivity contribution in [3.63, 3.8) is 0 Å². The zero-order chi connectivity index (χ0) is 14.8. The smallest absolute Gasteiger partial charge is 0.214 e. The van der Waals surface area contributed by atoms with Crippen molar-refractivity contribution in [2.24, 2.45) is 0 Å². The van der Waals surface area contributed by atoms with E-state index in [-0.39, 0.29) is 11.8 Å². The standard InChI is InChI=1S/C15H24N2O2S/c1-12(16-9-10-20(18,19)17(2)3)14-8-7-13-5-4-6-15(13)11-14/h7-8,11-12,16H,4-6,9-10H2,1-3H3. The second-order valence-electron chi connectivity index (χ2n) is 5.66. The first kappa shape index (κ1) is 15.5. The molecule has 20 heavy (non-hydrogen) atoms. The highest BCUT2D eigenvalue weighted by molar-refractivity contribution is 7.89. The number of hydrogen-bond donors (Lipinski definition) is 1. The summed E-state index contributed by atoms with van der Waals surface area (Å²) in [5.41, 5.74) is 4.17. The van der Waals surface area contributed by atoms with Crippen LogP contribution < -0.4 is 5.32 Å². The lowest BCUT2D eigenvalue weighted by atomic mass is 10.0. The van der Waals surface area contributed by atoms with Crippen molar-refractivity contribution in [2.45, 2.75) is 32.2 Å². The molecule has 0 fully saturated rings. The minimum atomic E-state index is -3.11. The first-order valence-electron chi connectivity index (χ1n) is 7.15. The molecule has 112 valence electrons. The molecule has 1 aliphatic carbocycles. The van der Waals surface area contributed by atoms with Crippen LogP contribution in [0.4, 0.5) is 0 Å². The van der Waals surface area contributed by atoms with E-state index in [1.807, 2.05) is 0 Å². The van der Waals surface area contributed by atoms with Crippen molar-refractivity contribution in [1.29, 1.82) is 0 Å². The van der Waals surface area contributed by atoms with Crippen LogP contribution in [0.2, 0.25) is 0 Å². The van der Waals surface area contributed by atoms with Crippen LogP contribution in [0.15, 0.2) is 18.2 Å². The predicted molar refractivity (Wildman–Crippen MR) is 82.4 cm³/mol. The Balaban J connectivity index is 1.91. The third kappa shape index (κ3) is 3.59. The topological polar surface area (TPSA) is 49.4 Å². The lowest BCUT2D eigenvalue weighted by molar-refractivity contribution is 0.512. The summed E-state index contributed by atoms with van der Waals surface area (Å²) in [6.45, 7) is 2.55. The Labute approximate surface area is 122 Å². The van der Waals surface area contributed by atoms with Gasteiger partial charge in [0, 0.05) is 26.7 Å². The maximum atomic E-state index is 11.7. The quantitative estimate of drug-likeness (QED) is 0.869. The summed E-state index contributed by atoms with van der Waals surface area (Å²) in [5.74, 6) is 0.134. The molecule has 0 saturated carbocycles. The van der Waals surface area contributed by atoms with Crippen molar-refractivity contribution >= 4 is 10.0 Å². The number of nitrogens with one attached hydrogen (secondary N) is 1. The lowest BCUT2D eigenvalue weighted by Gasteiger charge is -2.17. The Bertz CT molecular complexity index is 567. The van der Waals surface area contributed by atoms with Gasteiger partial charge in [-0.25, -0.2) is 12.7 Å². The van der Waals surface area contributed by atoms with Gasteiger partial charge in [-0.05, 0) is 42.9 Å². The van der Waals surface area contributed by atoms with E-state index < -0.39 is 10.0 Å². The van der Waals surface area contributed by atoms with Gasteiger partial charge in [0.15, 0.2) is 0 Å². The van der Waals surface area contributed by atoms with Crippen LogP contribution in [0.25, 0.3) is 0 Å². The van der Waals surface area contributed by atoms with E-state index >= 15 is 0 Å². The number of aryl methyl sites for hydroxylation is 2. The number of fused-ring (bicyclic) bond motifs is 1. The molecule has 2 rings (SSSR count). The van der Waals surface area contributed by atoms with Crippen LogP contribution in [-0.4, -0.2) is 39.1 Å². The zero-order valence-corrected chi connectivity index (χ0v) is 13.3. The minimum Gasteiger partial charge on any atom is -0.309 e. The normalized spacial score (nSPS) is 16.4. The van der Waals surface area contributed by atoms with E-state index in [0.29, 0.717) is 6.54 Å². The van der Waals surface area contributed by atoms with Crippen molar-refractivity contribution in [3.8, 4) is 0 Å². The molecule has 5 heteroatoms. The molecule has 0 saturated heterocycles. The number of nitrogens with zero attached hydrogens (tertiary/aromatic N) is 1. The van der Waals surface area contributed by atoms with Crippen LogP contribution in [0.5, 0.6) is 0 Å². The van der Waals surface area contributed by atoms with Crippen LogP contribution >= 0.6 is 0 Å². The molecule has 0 amide bonds. The third-order valence-corrected chi connectivity index (χ3v) is 5.82. The van der Waals surface area contributed by atoms with E-state index in [1.54, 1.807) is 14.1 Å². The molecule has 1 aromatic carbocycles. The van der Waals surface area contributed by atoms with Gasteiger partial charge in [0.05, 0.1) is 5.75 Å². The average molecular weight is 296 g/mol. The van der Waals surface area contributed by atoms with Crippen molar-refractivity contribution in [2.75, 3.05) is 26.4 Å². The maximum Gasteiger partial charge on any atom is 0.214 e. The monoisotopic (exact) mass is 296 g/mol. The van der Waals surface area contributed by atoms with Gasteiger partial charge in [0.2, 0.25) is 10.0 Å². The number of hydrogen-bond acceptors (Lipinski definition) is 3. The largest absolute Gasteiger partial charge is 0.309 e. The minimum absolute atomic E-state index is 0.134. The van der Waals surface area contributed by atoms with Crippen molar-refractivity contribution in [1.82, 2.24) is 9.62 Å². The summed E-state index contributed by atoms with van der Waals surface area (Å²) in [4.78, 5) is 0. The van der Waals surface area contributed by atoms with Crippen LogP contribution in [0.3, 0.4) is 0 Å². The van der Waals surface area contributed by atoms with E-state index in [4.69, 9.17) is 0 Å². The Hall–Kier alpha value is -0.910. The summed E-state index contributed by atoms with van der Waals surface area (Å²) >= 11 is 0. The molecule has 1 aromatic rings. The zero-order valence-electron chi connectivity index (χ0n) is 12.5. The SMILES string of the molecule is CC(NCCS(=O)(=O)N(C)C)c1ccc2c(c1)CCC2. The van der Waals surface area contributed by atoms with Crippen molar-refractivity contribution < 1.29 is 8.42 Å². The molecule has 1 unspecified atom stereocenters. The highest BCUT2D eigenvalue weighted by atomic mass is 32.2. The Morgan fingerprint density at radius 2 is 1.95 bits per heavy atom. The summed E-state index contributed by atoms with van der Waals surface area (Å²) in [7, 11) is 0.0227. The number of rotatable bonds is 6. The molecule has 0 heterocycles.